The summed E-state index contributed by atoms with van der Waals surface area (Å²) >= 11 is 0. The van der Waals surface area contributed by atoms with Crippen molar-refractivity contribution in [2.24, 2.45) is 17.6 Å². The first-order valence-electron chi connectivity index (χ1n) is 16.1. The van der Waals surface area contributed by atoms with Crippen LogP contribution in [0.3, 0.4) is 0 Å². The van der Waals surface area contributed by atoms with E-state index in [-0.39, 0.29) is 12.3 Å². The molecule has 13 N–H and O–H groups in total. The Hall–Kier alpha value is -4.40. The van der Waals surface area contributed by atoms with Gasteiger partial charge < -0.3 is 63.2 Å². The minimum Gasteiger partial charge on any atom is -0.481 e. The highest BCUT2D eigenvalue weighted by atomic mass is 16.4. The van der Waals surface area contributed by atoms with Gasteiger partial charge in [0, 0.05) is 0 Å². The van der Waals surface area contributed by atoms with Crippen LogP contribution in [0.25, 0.3) is 0 Å². The van der Waals surface area contributed by atoms with E-state index < -0.39 is 121 Å². The van der Waals surface area contributed by atoms with Crippen molar-refractivity contribution in [1.29, 1.82) is 0 Å². The number of hydrogen-bond donors (Lipinski definition) is 12. The highest BCUT2D eigenvalue weighted by Gasteiger charge is 2.37. The van der Waals surface area contributed by atoms with E-state index in [4.69, 9.17) is 21.1 Å². The second kappa shape index (κ2) is 21.6. The van der Waals surface area contributed by atoms with Crippen LogP contribution in [0.2, 0.25) is 0 Å². The number of rotatable bonds is 22. The Kier molecular flexibility index (Phi) is 19.7. The molecule has 0 unspecified atom stereocenters. The highest BCUT2D eigenvalue weighted by molar-refractivity contribution is 5.97. The van der Waals surface area contributed by atoms with Crippen LogP contribution in [0, 0.1) is 11.8 Å². The van der Waals surface area contributed by atoms with Crippen molar-refractivity contribution >= 4 is 47.4 Å². The van der Waals surface area contributed by atoms with Crippen LogP contribution in [0.4, 0.5) is 0 Å². The summed E-state index contributed by atoms with van der Waals surface area (Å²) < 4.78 is 0. The monoisotopic (exact) mass is 719 g/mol. The van der Waals surface area contributed by atoms with E-state index in [1.54, 1.807) is 27.7 Å². The molecule has 0 aliphatic carbocycles. The van der Waals surface area contributed by atoms with Crippen LogP contribution in [0.5, 0.6) is 0 Å². The molecule has 0 spiro atoms. The number of aliphatic hydroxyl groups excluding tert-OH is 3. The van der Waals surface area contributed by atoms with Gasteiger partial charge in [-0.2, -0.15) is 0 Å². The predicted molar refractivity (Wildman–Crippen MR) is 174 cm³/mol. The molecule has 0 aliphatic rings. The number of aliphatic hydroxyl groups is 3. The summed E-state index contributed by atoms with van der Waals surface area (Å²) in [6, 6.07) is -10.4. The average Bonchev–Trinajstić information content (AvgIpc) is 3.01. The van der Waals surface area contributed by atoms with Crippen LogP contribution >= 0.6 is 0 Å². The molecule has 20 nitrogen and oxygen atoms in total. The summed E-state index contributed by atoms with van der Waals surface area (Å²) in [6.45, 7) is 9.50. The lowest BCUT2D eigenvalue weighted by Crippen LogP contribution is -2.63. The summed E-state index contributed by atoms with van der Waals surface area (Å²) in [6.07, 6.45) is -3.48. The topological polar surface area (TPSA) is 336 Å². The fourth-order valence-corrected chi connectivity index (χ4v) is 4.37. The average molecular weight is 720 g/mol. The molecule has 0 aromatic carbocycles. The van der Waals surface area contributed by atoms with Gasteiger partial charge in [0.05, 0.1) is 31.3 Å². The predicted octanol–water partition coefficient (Wildman–Crippen LogP) is -4.35. The maximum absolute atomic E-state index is 13.6. The lowest BCUT2D eigenvalue weighted by Gasteiger charge is -2.30. The zero-order chi connectivity index (χ0) is 39.0. The molecule has 0 radical (unpaired) electrons. The Morgan fingerprint density at radius 1 is 0.600 bits per heavy atom. The van der Waals surface area contributed by atoms with Crippen LogP contribution in [-0.4, -0.2) is 134 Å². The fraction of sp³-hybridized carbons (Fsp3) is 0.733. The molecule has 50 heavy (non-hydrogen) atoms. The number of carboxylic acid groups (broad SMARTS) is 2. The minimum absolute atomic E-state index is 0.0798. The van der Waals surface area contributed by atoms with Gasteiger partial charge in [0.2, 0.25) is 35.4 Å². The smallest absolute Gasteiger partial charge is 0.328 e. The summed E-state index contributed by atoms with van der Waals surface area (Å²) in [5.74, 6) is -9.41. The molecular formula is C30H53N7O13. The number of carbonyl (C=O) groups is 8. The number of amides is 6. The Balaban J connectivity index is 6.00. The Morgan fingerprint density at radius 2 is 1.04 bits per heavy atom. The van der Waals surface area contributed by atoms with Crippen LogP contribution in [-0.2, 0) is 38.4 Å². The lowest BCUT2D eigenvalue weighted by atomic mass is 9.96. The molecule has 0 rings (SSSR count). The first kappa shape index (κ1) is 45.6. The molecule has 0 heterocycles. The third-order valence-corrected chi connectivity index (χ3v) is 7.54. The standard InChI is InChI=1S/C30H53N7O13/c1-8-13(4)21(27(46)33-18(9-12(2)3)26(45)32-14(5)24(43)34-19(11-38)30(49)50)35-28(47)23(16(7)40)37-29(48)22(15(6)39)36-25(44)17(31)10-20(41)42/h12-19,21-23,38-40H,8-11,31H2,1-7H3,(H,32,45)(H,33,46)(H,34,43)(H,35,47)(H,36,44)(H,37,48)(H,41,42)(H,49,50)/t13-,14-,15+,16+,17-,18-,19-,21-,22-,23-/m0/s1. The number of nitrogens with one attached hydrogen (secondary N) is 6. The molecular weight excluding hydrogens is 666 g/mol. The van der Waals surface area contributed by atoms with E-state index in [1.807, 2.05) is 0 Å². The Morgan fingerprint density at radius 3 is 1.44 bits per heavy atom. The molecule has 0 saturated heterocycles. The normalized spacial score (nSPS) is 17.2. The van der Waals surface area contributed by atoms with Gasteiger partial charge in [-0.15, -0.1) is 0 Å². The lowest BCUT2D eigenvalue weighted by molar-refractivity contribution is -0.143. The SMILES string of the molecule is CC[C@H](C)[C@H](NC(=O)[C@@H](NC(=O)[C@@H](NC(=O)[C@@H](N)CC(=O)O)[C@@H](C)O)[C@@H](C)O)C(=O)N[C@@H](CC(C)C)C(=O)N[C@@H](C)C(=O)N[C@@H](CO)C(=O)O. The molecule has 20 heteroatoms. The van der Waals surface area contributed by atoms with Crippen molar-refractivity contribution in [2.75, 3.05) is 6.61 Å². The number of nitrogens with two attached hydrogens (primary N) is 1. The van der Waals surface area contributed by atoms with E-state index in [1.165, 1.54) is 6.92 Å². The van der Waals surface area contributed by atoms with Crippen LogP contribution in [0.15, 0.2) is 0 Å². The summed E-state index contributed by atoms with van der Waals surface area (Å²) in [5, 5.41) is 61.4. The van der Waals surface area contributed by atoms with Crippen molar-refractivity contribution in [1.82, 2.24) is 31.9 Å². The number of carbonyl (C=O) groups excluding carboxylic acids is 6. The maximum atomic E-state index is 13.6. The molecule has 6 amide bonds. The largest absolute Gasteiger partial charge is 0.481 e. The molecule has 0 aromatic rings. The number of aliphatic carboxylic acids is 2. The van der Waals surface area contributed by atoms with Crippen molar-refractivity contribution in [3.63, 3.8) is 0 Å². The second-order valence-corrected chi connectivity index (χ2v) is 12.5. The van der Waals surface area contributed by atoms with E-state index in [2.05, 4.69) is 31.9 Å². The number of hydrogen-bond acceptors (Lipinski definition) is 12. The van der Waals surface area contributed by atoms with Gasteiger partial charge in [0.25, 0.3) is 0 Å². The maximum Gasteiger partial charge on any atom is 0.328 e. The van der Waals surface area contributed by atoms with Crippen molar-refractivity contribution in [3.05, 3.63) is 0 Å². The molecule has 286 valence electrons. The summed E-state index contributed by atoms with van der Waals surface area (Å²) in [4.78, 5) is 99.9. The van der Waals surface area contributed by atoms with Gasteiger partial charge in [-0.3, -0.25) is 33.6 Å². The van der Waals surface area contributed by atoms with E-state index in [9.17, 15) is 48.6 Å². The fourth-order valence-electron chi connectivity index (χ4n) is 4.37. The van der Waals surface area contributed by atoms with Crippen LogP contribution in [0.1, 0.15) is 67.7 Å². The third kappa shape index (κ3) is 15.4. The Labute approximate surface area is 289 Å². The van der Waals surface area contributed by atoms with E-state index >= 15 is 0 Å². The molecule has 0 aliphatic heterocycles. The van der Waals surface area contributed by atoms with Gasteiger partial charge >= 0.3 is 11.9 Å². The quantitative estimate of drug-likeness (QED) is 0.0503. The Bertz CT molecular complexity index is 1210. The van der Waals surface area contributed by atoms with Crippen LogP contribution < -0.4 is 37.6 Å². The molecule has 0 aromatic heterocycles. The molecule has 10 atom stereocenters. The molecule has 0 saturated carbocycles. The second-order valence-electron chi connectivity index (χ2n) is 12.5. The van der Waals surface area contributed by atoms with Crippen molar-refractivity contribution in [3.8, 4) is 0 Å². The third-order valence-electron chi connectivity index (χ3n) is 7.54. The van der Waals surface area contributed by atoms with Crippen molar-refractivity contribution < 1.29 is 63.9 Å². The minimum atomic E-state index is -1.73. The molecule has 0 bridgehead atoms. The van der Waals surface area contributed by atoms with Gasteiger partial charge in [-0.25, -0.2) is 4.79 Å². The van der Waals surface area contributed by atoms with Gasteiger partial charge in [0.1, 0.15) is 36.3 Å². The van der Waals surface area contributed by atoms with Gasteiger partial charge in [-0.1, -0.05) is 34.1 Å². The first-order chi connectivity index (χ1) is 23.1. The van der Waals surface area contributed by atoms with Gasteiger partial charge in [0.15, 0.2) is 0 Å². The highest BCUT2D eigenvalue weighted by Crippen LogP contribution is 2.12. The van der Waals surface area contributed by atoms with Crippen molar-refractivity contribution in [2.45, 2.75) is 122 Å². The molecule has 0 fully saturated rings. The zero-order valence-electron chi connectivity index (χ0n) is 29.3. The van der Waals surface area contributed by atoms with Gasteiger partial charge in [-0.05, 0) is 39.0 Å². The summed E-state index contributed by atoms with van der Waals surface area (Å²) in [7, 11) is 0. The van der Waals surface area contributed by atoms with E-state index in [0.29, 0.717) is 6.42 Å². The van der Waals surface area contributed by atoms with E-state index in [0.717, 1.165) is 13.8 Å². The number of carboxylic acids is 2. The zero-order valence-corrected chi connectivity index (χ0v) is 29.3. The summed E-state index contributed by atoms with van der Waals surface area (Å²) in [5.41, 5.74) is 5.52. The first-order valence-corrected chi connectivity index (χ1v) is 16.1.